The number of amides is 1. The van der Waals surface area contributed by atoms with E-state index in [0.717, 1.165) is 11.3 Å². The molecule has 1 aromatic heterocycles. The minimum Gasteiger partial charge on any atom is -0.348 e. The number of carbonyl (C=O) groups is 1. The summed E-state index contributed by atoms with van der Waals surface area (Å²) in [7, 11) is -2.26. The minimum absolute atomic E-state index is 0.0575. The van der Waals surface area contributed by atoms with Crippen molar-refractivity contribution in [3.05, 3.63) is 82.0 Å². The number of hydrogen-bond donors (Lipinski definition) is 2. The van der Waals surface area contributed by atoms with Gasteiger partial charge in [-0.15, -0.1) is 0 Å². The highest BCUT2D eigenvalue weighted by Crippen LogP contribution is 2.22. The Morgan fingerprint density at radius 1 is 1.03 bits per heavy atom. The molecular weight excluding hydrogens is 433 g/mol. The first kappa shape index (κ1) is 21.3. The summed E-state index contributed by atoms with van der Waals surface area (Å²) in [4.78, 5) is 16.8. The summed E-state index contributed by atoms with van der Waals surface area (Å²) in [5.41, 5.74) is 2.61. The van der Waals surface area contributed by atoms with Crippen molar-refractivity contribution in [3.8, 4) is 11.3 Å². The average Bonchev–Trinajstić information content (AvgIpc) is 2.73. The molecule has 9 heteroatoms. The molecule has 3 rings (SSSR count). The van der Waals surface area contributed by atoms with Gasteiger partial charge in [-0.05, 0) is 49.0 Å². The zero-order chi connectivity index (χ0) is 21.0. The SMILES string of the molecule is CNS(=O)(=O)c1ccc(CNC(=O)c2ccc(-c3ccc(Cl)cc3)nc2)c(Cl)c1. The standard InChI is InChI=1S/C20H17Cl2N3O3S/c1-23-29(27,28)17-8-4-14(18(22)10-17)11-25-20(26)15-5-9-19(24-12-15)13-2-6-16(21)7-3-13/h2-10,12,23H,11H2,1H3,(H,25,26). The summed E-state index contributed by atoms with van der Waals surface area (Å²) in [5.74, 6) is -0.317. The van der Waals surface area contributed by atoms with Crippen LogP contribution in [-0.4, -0.2) is 26.4 Å². The van der Waals surface area contributed by atoms with Crippen LogP contribution >= 0.6 is 23.2 Å². The molecule has 150 valence electrons. The van der Waals surface area contributed by atoms with Crippen molar-refractivity contribution in [2.45, 2.75) is 11.4 Å². The maximum absolute atomic E-state index is 12.4. The third kappa shape index (κ3) is 5.13. The van der Waals surface area contributed by atoms with Crippen LogP contribution in [0.15, 0.2) is 65.7 Å². The van der Waals surface area contributed by atoms with E-state index in [9.17, 15) is 13.2 Å². The second kappa shape index (κ2) is 8.92. The average molecular weight is 450 g/mol. The lowest BCUT2D eigenvalue weighted by atomic mass is 10.1. The first-order valence-electron chi connectivity index (χ1n) is 8.52. The Bertz CT molecular complexity index is 1130. The van der Waals surface area contributed by atoms with E-state index in [0.29, 0.717) is 16.1 Å². The number of benzene rings is 2. The smallest absolute Gasteiger partial charge is 0.253 e. The molecule has 0 fully saturated rings. The number of nitrogens with zero attached hydrogens (tertiary/aromatic N) is 1. The Labute approximate surface area is 178 Å². The van der Waals surface area contributed by atoms with Crippen molar-refractivity contribution < 1.29 is 13.2 Å². The summed E-state index contributed by atoms with van der Waals surface area (Å²) >= 11 is 12.0. The molecule has 0 unspecified atom stereocenters. The zero-order valence-electron chi connectivity index (χ0n) is 15.3. The van der Waals surface area contributed by atoms with Gasteiger partial charge in [-0.2, -0.15) is 0 Å². The van der Waals surface area contributed by atoms with Crippen LogP contribution in [0.3, 0.4) is 0 Å². The lowest BCUT2D eigenvalue weighted by molar-refractivity contribution is 0.0950. The van der Waals surface area contributed by atoms with Crippen molar-refractivity contribution >= 4 is 39.1 Å². The normalized spacial score (nSPS) is 11.3. The number of rotatable bonds is 6. The first-order valence-corrected chi connectivity index (χ1v) is 10.8. The summed E-state index contributed by atoms with van der Waals surface area (Å²) in [6, 6.07) is 15.0. The molecule has 0 atom stereocenters. The molecule has 6 nitrogen and oxygen atoms in total. The van der Waals surface area contributed by atoms with Gasteiger partial charge >= 0.3 is 0 Å². The van der Waals surface area contributed by atoms with Crippen LogP contribution in [0.2, 0.25) is 10.0 Å². The molecule has 0 radical (unpaired) electrons. The van der Waals surface area contributed by atoms with Gasteiger partial charge in [-0.1, -0.05) is 41.4 Å². The predicted molar refractivity (Wildman–Crippen MR) is 114 cm³/mol. The molecule has 0 aliphatic rings. The van der Waals surface area contributed by atoms with E-state index in [1.165, 1.54) is 25.4 Å². The van der Waals surface area contributed by atoms with Crippen LogP contribution in [0.4, 0.5) is 0 Å². The van der Waals surface area contributed by atoms with Gasteiger partial charge in [0.25, 0.3) is 5.91 Å². The monoisotopic (exact) mass is 449 g/mol. The van der Waals surface area contributed by atoms with Gasteiger partial charge in [0, 0.05) is 28.4 Å². The zero-order valence-corrected chi connectivity index (χ0v) is 17.6. The van der Waals surface area contributed by atoms with E-state index >= 15 is 0 Å². The van der Waals surface area contributed by atoms with E-state index in [-0.39, 0.29) is 22.4 Å². The molecule has 0 saturated carbocycles. The van der Waals surface area contributed by atoms with Crippen molar-refractivity contribution in [2.24, 2.45) is 0 Å². The third-order valence-corrected chi connectivity index (χ3v) is 6.22. The molecule has 0 spiro atoms. The maximum atomic E-state index is 12.4. The van der Waals surface area contributed by atoms with Gasteiger partial charge in [0.1, 0.15) is 0 Å². The number of nitrogens with one attached hydrogen (secondary N) is 2. The molecule has 3 aromatic rings. The lowest BCUT2D eigenvalue weighted by Crippen LogP contribution is -2.23. The van der Waals surface area contributed by atoms with Gasteiger partial charge in [-0.3, -0.25) is 9.78 Å². The summed E-state index contributed by atoms with van der Waals surface area (Å²) in [5, 5.41) is 3.64. The van der Waals surface area contributed by atoms with Gasteiger partial charge in [0.05, 0.1) is 16.2 Å². The van der Waals surface area contributed by atoms with Crippen molar-refractivity contribution in [1.82, 2.24) is 15.0 Å². The molecule has 1 heterocycles. The molecule has 0 saturated heterocycles. The molecule has 1 amide bonds. The number of sulfonamides is 1. The number of pyridine rings is 1. The van der Waals surface area contributed by atoms with E-state index in [4.69, 9.17) is 23.2 Å². The number of carbonyl (C=O) groups excluding carboxylic acids is 1. The topological polar surface area (TPSA) is 88.2 Å². The Hall–Kier alpha value is -2.45. The van der Waals surface area contributed by atoms with E-state index < -0.39 is 10.0 Å². The van der Waals surface area contributed by atoms with Crippen molar-refractivity contribution in [1.29, 1.82) is 0 Å². The highest BCUT2D eigenvalue weighted by atomic mass is 35.5. The van der Waals surface area contributed by atoms with E-state index in [1.54, 1.807) is 30.3 Å². The summed E-state index contributed by atoms with van der Waals surface area (Å²) in [6.45, 7) is 0.149. The lowest BCUT2D eigenvalue weighted by Gasteiger charge is -2.09. The van der Waals surface area contributed by atoms with Gasteiger partial charge < -0.3 is 5.32 Å². The van der Waals surface area contributed by atoms with Crippen LogP contribution in [0, 0.1) is 0 Å². The molecule has 2 aromatic carbocycles. The number of hydrogen-bond acceptors (Lipinski definition) is 4. The molecule has 0 aliphatic heterocycles. The largest absolute Gasteiger partial charge is 0.348 e. The number of aromatic nitrogens is 1. The number of halogens is 2. The van der Waals surface area contributed by atoms with Gasteiger partial charge in [0.15, 0.2) is 0 Å². The maximum Gasteiger partial charge on any atom is 0.253 e. The summed E-state index contributed by atoms with van der Waals surface area (Å²) < 4.78 is 25.8. The Kier molecular flexibility index (Phi) is 6.54. The van der Waals surface area contributed by atoms with Crippen LogP contribution in [0.5, 0.6) is 0 Å². The fourth-order valence-corrected chi connectivity index (χ4v) is 3.75. The molecule has 29 heavy (non-hydrogen) atoms. The van der Waals surface area contributed by atoms with Gasteiger partial charge in [0.2, 0.25) is 10.0 Å². The molecule has 0 aliphatic carbocycles. The highest BCUT2D eigenvalue weighted by molar-refractivity contribution is 7.89. The van der Waals surface area contributed by atoms with Crippen LogP contribution in [0.1, 0.15) is 15.9 Å². The van der Waals surface area contributed by atoms with E-state index in [2.05, 4.69) is 15.0 Å². The fraction of sp³-hybridized carbons (Fsp3) is 0.100. The molecule has 0 bridgehead atoms. The predicted octanol–water partition coefficient (Wildman–Crippen LogP) is 3.89. The Balaban J connectivity index is 1.67. The van der Waals surface area contributed by atoms with Crippen LogP contribution in [0.25, 0.3) is 11.3 Å². The summed E-state index contributed by atoms with van der Waals surface area (Å²) in [6.07, 6.45) is 1.49. The Morgan fingerprint density at radius 3 is 2.34 bits per heavy atom. The fourth-order valence-electron chi connectivity index (χ4n) is 2.55. The van der Waals surface area contributed by atoms with Crippen molar-refractivity contribution in [3.63, 3.8) is 0 Å². The van der Waals surface area contributed by atoms with Crippen LogP contribution in [-0.2, 0) is 16.6 Å². The third-order valence-electron chi connectivity index (χ3n) is 4.21. The van der Waals surface area contributed by atoms with Crippen LogP contribution < -0.4 is 10.0 Å². The first-order chi connectivity index (χ1) is 13.8. The molecular formula is C20H17Cl2N3O3S. The second-order valence-corrected chi connectivity index (χ2v) is 8.81. The Morgan fingerprint density at radius 2 is 1.76 bits per heavy atom. The highest BCUT2D eigenvalue weighted by Gasteiger charge is 2.14. The van der Waals surface area contributed by atoms with Crippen molar-refractivity contribution in [2.75, 3.05) is 7.05 Å². The second-order valence-electron chi connectivity index (χ2n) is 6.08. The van der Waals surface area contributed by atoms with Gasteiger partial charge in [-0.25, -0.2) is 13.1 Å². The quantitative estimate of drug-likeness (QED) is 0.597. The molecule has 2 N–H and O–H groups in total. The minimum atomic E-state index is -3.58. The van der Waals surface area contributed by atoms with E-state index in [1.807, 2.05) is 12.1 Å².